The van der Waals surface area contributed by atoms with Crippen LogP contribution >= 0.6 is 15.9 Å². The fourth-order valence-electron chi connectivity index (χ4n) is 1.79. The van der Waals surface area contributed by atoms with Gasteiger partial charge in [-0.05, 0) is 31.4 Å². The Hall–Kier alpha value is -0.640. The van der Waals surface area contributed by atoms with Crippen LogP contribution in [0.25, 0.3) is 0 Å². The molecule has 1 aliphatic rings. The van der Waals surface area contributed by atoms with Crippen molar-refractivity contribution in [1.29, 1.82) is 0 Å². The van der Waals surface area contributed by atoms with Gasteiger partial charge in [-0.25, -0.2) is 0 Å². The van der Waals surface area contributed by atoms with Gasteiger partial charge in [-0.1, -0.05) is 22.9 Å². The minimum atomic E-state index is 0.564. The lowest BCUT2D eigenvalue weighted by Gasteiger charge is -2.34. The predicted octanol–water partition coefficient (Wildman–Crippen LogP) is 2.39. The van der Waals surface area contributed by atoms with Gasteiger partial charge in [-0.15, -0.1) is 5.10 Å². The van der Waals surface area contributed by atoms with Crippen molar-refractivity contribution in [3.8, 4) is 0 Å². The van der Waals surface area contributed by atoms with Crippen molar-refractivity contribution in [3.05, 3.63) is 17.8 Å². The van der Waals surface area contributed by atoms with E-state index in [4.69, 9.17) is 0 Å². The van der Waals surface area contributed by atoms with Gasteiger partial charge in [-0.2, -0.15) is 5.10 Å². The van der Waals surface area contributed by atoms with E-state index < -0.39 is 0 Å². The number of halogens is 1. The van der Waals surface area contributed by atoms with Gasteiger partial charge in [0.2, 0.25) is 0 Å². The van der Waals surface area contributed by atoms with Crippen molar-refractivity contribution in [3.63, 3.8) is 0 Å². The predicted molar refractivity (Wildman–Crippen MR) is 65.5 cm³/mol. The maximum atomic E-state index is 4.22. The highest BCUT2D eigenvalue weighted by Crippen LogP contribution is 2.25. The van der Waals surface area contributed by atoms with E-state index in [2.05, 4.69) is 44.0 Å². The molecule has 4 heteroatoms. The first-order valence-corrected chi connectivity index (χ1v) is 6.28. The van der Waals surface area contributed by atoms with Crippen LogP contribution in [0.3, 0.4) is 0 Å². The summed E-state index contributed by atoms with van der Waals surface area (Å²) in [6.45, 7) is 6.36. The standard InChI is InChI=1S/C11H16BrN3/c1-8-5-6-15(7-10(8)12)11-4-3-9(2)13-14-11/h3-4,8,10H,5-7H2,1-2H3. The molecule has 1 aromatic rings. The molecule has 1 fully saturated rings. The summed E-state index contributed by atoms with van der Waals surface area (Å²) >= 11 is 3.72. The monoisotopic (exact) mass is 269 g/mol. The second-order valence-electron chi connectivity index (χ2n) is 4.26. The summed E-state index contributed by atoms with van der Waals surface area (Å²) in [4.78, 5) is 2.86. The SMILES string of the molecule is Cc1ccc(N2CCC(C)C(Br)C2)nn1. The van der Waals surface area contributed by atoms with Crippen LogP contribution in [0, 0.1) is 12.8 Å². The van der Waals surface area contributed by atoms with Crippen LogP contribution in [0.1, 0.15) is 19.0 Å². The summed E-state index contributed by atoms with van der Waals surface area (Å²) in [7, 11) is 0. The summed E-state index contributed by atoms with van der Waals surface area (Å²) in [5.74, 6) is 1.75. The van der Waals surface area contributed by atoms with E-state index in [0.717, 1.165) is 30.5 Å². The molecule has 0 aromatic carbocycles. The molecule has 0 bridgehead atoms. The third-order valence-corrected chi connectivity index (χ3v) is 4.17. The van der Waals surface area contributed by atoms with Crippen LogP contribution in [-0.4, -0.2) is 28.1 Å². The summed E-state index contributed by atoms with van der Waals surface area (Å²) in [6.07, 6.45) is 1.21. The van der Waals surface area contributed by atoms with E-state index >= 15 is 0 Å². The molecule has 0 amide bonds. The average Bonchev–Trinajstić information content (AvgIpc) is 2.23. The molecule has 1 aliphatic heterocycles. The summed E-state index contributed by atoms with van der Waals surface area (Å²) < 4.78 is 0. The van der Waals surface area contributed by atoms with E-state index in [-0.39, 0.29) is 0 Å². The number of piperidine rings is 1. The second-order valence-corrected chi connectivity index (χ2v) is 5.44. The van der Waals surface area contributed by atoms with E-state index in [9.17, 15) is 0 Å². The fourth-order valence-corrected chi connectivity index (χ4v) is 2.40. The van der Waals surface area contributed by atoms with Crippen LogP contribution < -0.4 is 4.90 Å². The Kier molecular flexibility index (Phi) is 3.24. The quantitative estimate of drug-likeness (QED) is 0.734. The molecule has 15 heavy (non-hydrogen) atoms. The summed E-state index contributed by atoms with van der Waals surface area (Å²) in [5, 5.41) is 8.31. The van der Waals surface area contributed by atoms with Crippen molar-refractivity contribution in [2.75, 3.05) is 18.0 Å². The lowest BCUT2D eigenvalue weighted by molar-refractivity contribution is 0.453. The molecule has 2 unspecified atom stereocenters. The minimum Gasteiger partial charge on any atom is -0.354 e. The zero-order valence-corrected chi connectivity index (χ0v) is 10.7. The number of hydrogen-bond acceptors (Lipinski definition) is 3. The van der Waals surface area contributed by atoms with Gasteiger partial charge in [-0.3, -0.25) is 0 Å². The Bertz CT molecular complexity index is 325. The molecular weight excluding hydrogens is 254 g/mol. The summed E-state index contributed by atoms with van der Waals surface area (Å²) in [5.41, 5.74) is 0.972. The number of anilines is 1. The van der Waals surface area contributed by atoms with Gasteiger partial charge in [0.15, 0.2) is 5.82 Å². The molecule has 0 saturated carbocycles. The van der Waals surface area contributed by atoms with Crippen LogP contribution in [-0.2, 0) is 0 Å². The lowest BCUT2D eigenvalue weighted by Crippen LogP contribution is -2.40. The fraction of sp³-hybridized carbons (Fsp3) is 0.636. The van der Waals surface area contributed by atoms with Crippen LogP contribution in [0.15, 0.2) is 12.1 Å². The number of hydrogen-bond donors (Lipinski definition) is 0. The molecule has 0 aliphatic carbocycles. The number of rotatable bonds is 1. The average molecular weight is 270 g/mol. The topological polar surface area (TPSA) is 29.0 Å². The maximum Gasteiger partial charge on any atom is 0.151 e. The number of aryl methyl sites for hydroxylation is 1. The van der Waals surface area contributed by atoms with Crippen molar-refractivity contribution < 1.29 is 0 Å². The molecule has 1 aromatic heterocycles. The maximum absolute atomic E-state index is 4.22. The molecule has 2 rings (SSSR count). The highest BCUT2D eigenvalue weighted by atomic mass is 79.9. The van der Waals surface area contributed by atoms with Gasteiger partial charge >= 0.3 is 0 Å². The molecule has 3 nitrogen and oxygen atoms in total. The number of aromatic nitrogens is 2. The van der Waals surface area contributed by atoms with E-state index in [1.165, 1.54) is 6.42 Å². The Morgan fingerprint density at radius 1 is 1.40 bits per heavy atom. The molecule has 1 saturated heterocycles. The zero-order chi connectivity index (χ0) is 10.8. The normalized spacial score (nSPS) is 26.7. The lowest BCUT2D eigenvalue weighted by atomic mass is 9.99. The highest BCUT2D eigenvalue weighted by Gasteiger charge is 2.24. The zero-order valence-electron chi connectivity index (χ0n) is 9.15. The molecule has 82 valence electrons. The van der Waals surface area contributed by atoms with Crippen molar-refractivity contribution in [2.45, 2.75) is 25.1 Å². The number of nitrogens with zero attached hydrogens (tertiary/aromatic N) is 3. The molecule has 2 heterocycles. The van der Waals surface area contributed by atoms with E-state index in [0.29, 0.717) is 4.83 Å². The first-order chi connectivity index (χ1) is 7.16. The van der Waals surface area contributed by atoms with Gasteiger partial charge in [0.1, 0.15) is 0 Å². The molecule has 0 spiro atoms. The Morgan fingerprint density at radius 3 is 2.80 bits per heavy atom. The Balaban J connectivity index is 2.08. The van der Waals surface area contributed by atoms with Crippen molar-refractivity contribution in [2.24, 2.45) is 5.92 Å². The third kappa shape index (κ3) is 2.48. The Morgan fingerprint density at radius 2 is 2.20 bits per heavy atom. The van der Waals surface area contributed by atoms with Crippen molar-refractivity contribution in [1.82, 2.24) is 10.2 Å². The third-order valence-electron chi connectivity index (χ3n) is 2.97. The molecule has 0 N–H and O–H groups in total. The first-order valence-electron chi connectivity index (χ1n) is 5.36. The van der Waals surface area contributed by atoms with Crippen LogP contribution in [0.5, 0.6) is 0 Å². The molecular formula is C11H16BrN3. The molecule has 2 atom stereocenters. The highest BCUT2D eigenvalue weighted by molar-refractivity contribution is 9.09. The first kappa shape index (κ1) is 10.9. The Labute approximate surface area is 99.0 Å². The van der Waals surface area contributed by atoms with Gasteiger partial charge in [0, 0.05) is 17.9 Å². The van der Waals surface area contributed by atoms with E-state index in [1.54, 1.807) is 0 Å². The van der Waals surface area contributed by atoms with Gasteiger partial charge in [0.25, 0.3) is 0 Å². The van der Waals surface area contributed by atoms with Gasteiger partial charge in [0.05, 0.1) is 5.69 Å². The van der Waals surface area contributed by atoms with Crippen LogP contribution in [0.4, 0.5) is 5.82 Å². The minimum absolute atomic E-state index is 0.564. The summed E-state index contributed by atoms with van der Waals surface area (Å²) in [6, 6.07) is 4.07. The van der Waals surface area contributed by atoms with E-state index in [1.807, 2.05) is 13.0 Å². The smallest absolute Gasteiger partial charge is 0.151 e. The van der Waals surface area contributed by atoms with Crippen molar-refractivity contribution >= 4 is 21.7 Å². The van der Waals surface area contributed by atoms with Gasteiger partial charge < -0.3 is 4.90 Å². The largest absolute Gasteiger partial charge is 0.354 e. The second kappa shape index (κ2) is 4.47. The van der Waals surface area contributed by atoms with Crippen LogP contribution in [0.2, 0.25) is 0 Å². The number of alkyl halides is 1. The molecule has 0 radical (unpaired) electrons.